The summed E-state index contributed by atoms with van der Waals surface area (Å²) in [5, 5.41) is 0. The second-order valence-corrected chi connectivity index (χ2v) is 37.5. The van der Waals surface area contributed by atoms with E-state index < -0.39 is 73.5 Å². The highest BCUT2D eigenvalue weighted by Gasteiger charge is 2.85. The highest BCUT2D eigenvalue weighted by Crippen LogP contribution is 2.66. The predicted molar refractivity (Wildman–Crippen MR) is 434 cm³/mol. The third-order valence-corrected chi connectivity index (χ3v) is 29.8. The van der Waals surface area contributed by atoms with Gasteiger partial charge in [-0.05, 0) is 303 Å². The van der Waals surface area contributed by atoms with Gasteiger partial charge in [-0.15, -0.1) is 0 Å². The topological polar surface area (TPSA) is 111 Å². The van der Waals surface area contributed by atoms with Gasteiger partial charge in [0.1, 0.15) is 17.2 Å². The van der Waals surface area contributed by atoms with E-state index in [0.717, 1.165) is 140 Å². The van der Waals surface area contributed by atoms with Crippen LogP contribution in [0.25, 0.3) is 0 Å². The average Bonchev–Trinajstić information content (AvgIpc) is 1.39. The predicted octanol–water partition coefficient (Wildman–Crippen LogP) is 21.9. The van der Waals surface area contributed by atoms with Gasteiger partial charge in [0.25, 0.3) is 5.60 Å². The number of likely N-dealkylation sites (N-methyl/N-ethyl adjacent to an activating group) is 2. The average molecular weight is 1800 g/mol. The van der Waals surface area contributed by atoms with Crippen molar-refractivity contribution in [3.8, 4) is 17.2 Å². The normalized spacial score (nSPS) is 28.5. The Hall–Kier alpha value is -4.64. The van der Waals surface area contributed by atoms with Crippen molar-refractivity contribution < 1.29 is 135 Å². The summed E-state index contributed by atoms with van der Waals surface area (Å²) in [6.07, 6.45) is -14.8. The van der Waals surface area contributed by atoms with Crippen LogP contribution in [0.5, 0.6) is 17.2 Å². The summed E-state index contributed by atoms with van der Waals surface area (Å²) in [5.41, 5.74) is -4.13. The number of alkyl halides is 18. The minimum absolute atomic E-state index is 0.00209. The van der Waals surface area contributed by atoms with E-state index in [2.05, 4.69) is 78.8 Å². The van der Waals surface area contributed by atoms with Crippen molar-refractivity contribution in [1.29, 1.82) is 0 Å². The van der Waals surface area contributed by atoms with Gasteiger partial charge in [0.05, 0.1) is 62.6 Å². The largest absolute Gasteiger partial charge is 0.493 e. The number of ether oxygens (including phenoxy) is 11. The highest BCUT2D eigenvalue weighted by molar-refractivity contribution is 5.43. The molecule has 3 aromatic rings. The summed E-state index contributed by atoms with van der Waals surface area (Å²) in [7, 11) is 5.16. The Morgan fingerprint density at radius 2 is 0.718 bits per heavy atom. The number of halogens is 18. The van der Waals surface area contributed by atoms with Crippen molar-refractivity contribution in [1.82, 2.24) is 14.7 Å². The fraction of sp³-hybridized carbons (Fsp3) is 0.804. The lowest BCUT2D eigenvalue weighted by Gasteiger charge is -2.52. The molecular weight excluding hydrogens is 1660 g/mol. The van der Waals surface area contributed by atoms with E-state index in [9.17, 15) is 79.0 Å². The first-order chi connectivity index (χ1) is 59.6. The molecule has 0 heterocycles. The van der Waals surface area contributed by atoms with Crippen LogP contribution < -0.4 is 14.2 Å². The number of methoxy groups -OCH3 is 3. The number of aryl methyl sites for hydroxylation is 3. The van der Waals surface area contributed by atoms with Crippen molar-refractivity contribution in [3.05, 3.63) is 88.0 Å². The second kappa shape index (κ2) is 41.9. The van der Waals surface area contributed by atoms with Gasteiger partial charge in [0.2, 0.25) is 0 Å². The Morgan fingerprint density at radius 3 is 1.08 bits per heavy atom. The molecule has 9 aliphatic rings. The molecule has 9 unspecified atom stereocenters. The van der Waals surface area contributed by atoms with Gasteiger partial charge in [-0.1, -0.05) is 39.0 Å². The van der Waals surface area contributed by atoms with Crippen LogP contribution >= 0.6 is 0 Å². The number of hydrogen-bond acceptors (Lipinski definition) is 14. The molecule has 0 aliphatic heterocycles. The molecule has 0 radical (unpaired) electrons. The van der Waals surface area contributed by atoms with Crippen LogP contribution in [-0.4, -0.2) is 235 Å². The summed E-state index contributed by atoms with van der Waals surface area (Å²) >= 11 is 0. The fourth-order valence-electron chi connectivity index (χ4n) is 22.8. The molecule has 3 aromatic carbocycles. The Bertz CT molecular complexity index is 3850. The molecule has 0 N–H and O–H groups in total. The zero-order valence-electron chi connectivity index (χ0n) is 76.3. The first-order valence-electron chi connectivity index (χ1n) is 46.3. The minimum Gasteiger partial charge on any atom is -0.493 e. The van der Waals surface area contributed by atoms with Gasteiger partial charge >= 0.3 is 42.7 Å². The Morgan fingerprint density at radius 1 is 0.363 bits per heavy atom. The van der Waals surface area contributed by atoms with Gasteiger partial charge in [-0.2, -0.15) is 79.0 Å². The third kappa shape index (κ3) is 22.7. The quantitative estimate of drug-likeness (QED) is 0.0403. The van der Waals surface area contributed by atoms with Crippen LogP contribution in [0.4, 0.5) is 79.0 Å². The van der Waals surface area contributed by atoms with Crippen LogP contribution in [0.1, 0.15) is 219 Å². The van der Waals surface area contributed by atoms with E-state index in [0.29, 0.717) is 132 Å². The number of nitrogens with zero attached hydrogens (tertiary/aromatic N) is 3. The molecule has 0 bridgehead atoms. The van der Waals surface area contributed by atoms with Crippen molar-refractivity contribution in [2.75, 3.05) is 148 Å². The molecular formula is C92H133F18N3O11. The van der Waals surface area contributed by atoms with Crippen molar-refractivity contribution in [3.63, 3.8) is 0 Å². The second-order valence-electron chi connectivity index (χ2n) is 37.5. The molecule has 0 aromatic heterocycles. The van der Waals surface area contributed by atoms with Crippen LogP contribution in [-0.2, 0) is 57.2 Å². The van der Waals surface area contributed by atoms with Gasteiger partial charge < -0.3 is 66.8 Å². The van der Waals surface area contributed by atoms with E-state index in [1.807, 2.05) is 22.9 Å². The molecule has 6 fully saturated rings. The van der Waals surface area contributed by atoms with Crippen LogP contribution in [0.2, 0.25) is 0 Å². The smallest absolute Gasteiger partial charge is 0.435 e. The molecule has 708 valence electrons. The van der Waals surface area contributed by atoms with Gasteiger partial charge in [0.15, 0.2) is 5.60 Å². The van der Waals surface area contributed by atoms with Crippen molar-refractivity contribution in [2.45, 2.75) is 273 Å². The summed E-state index contributed by atoms with van der Waals surface area (Å²) in [6.45, 7) is 12.7. The van der Waals surface area contributed by atoms with E-state index in [-0.39, 0.29) is 82.4 Å². The van der Waals surface area contributed by atoms with Gasteiger partial charge in [0, 0.05) is 106 Å². The van der Waals surface area contributed by atoms with Gasteiger partial charge in [-0.25, -0.2) is 0 Å². The first kappa shape index (κ1) is 96.9. The highest BCUT2D eigenvalue weighted by atomic mass is 19.4. The molecule has 0 saturated heterocycles. The van der Waals surface area contributed by atoms with Crippen LogP contribution in [0.15, 0.2) is 54.6 Å². The summed E-state index contributed by atoms with van der Waals surface area (Å²) in [6, 6.07) is 19.4. The summed E-state index contributed by atoms with van der Waals surface area (Å²) in [4.78, 5) is 5.50. The lowest BCUT2D eigenvalue weighted by atomic mass is 9.55. The van der Waals surface area contributed by atoms with Crippen LogP contribution in [0.3, 0.4) is 0 Å². The Kier molecular flexibility index (Phi) is 32.7. The molecule has 124 heavy (non-hydrogen) atoms. The molecule has 9 aliphatic carbocycles. The molecule has 0 spiro atoms. The fourth-order valence-corrected chi connectivity index (χ4v) is 22.8. The Balaban J connectivity index is 0.000000199. The standard InChI is InChI=1S/C31H45F6NO4.C31H48F3NO4.C30H40F9NO3/c1-28-13-12-24-23-9-7-22(40-17-5-16-39-4)20-21(23)6-8-25(24)26(28)10-11-27(28)41-18-14-38(3)15-19-42-29(2,30(32,33)34)31(35,36)37;1-29(2,31(32,33)34)39-20-16-35(4)15-19-38-28-12-11-27-26-9-7-22-21-23(37-18-6-17-36-5)8-10-24(22)25(26)13-14-30(27,28)3;1-26-13-12-22-21-9-7-20(42-16-5-15-41-3)18-19(21)6-8-23(22)24(26)10-11-25(26)40(2)14-4-17-43-27(28(31,32)33,29(34,35)36)30(37,38)39/h7,9,20,24-27H,5-6,8,10-19H2,1-4H3;8,10,21,25-28H,6-7,9,11-20H2,1-5H3;7,9,18,22-25H,4-6,8,10-17H2,1-3H3/t24?,25?,26?,27-,28-;25?,26?,27?,28-,30-;22?,23?,24?,25-,26-/m000/s1/i4D;5D;3D. The SMILES string of the molecule is [2H]COCCCOc1ccc2c(c1)CCC1C2CC[C@@]2(C)C1CC[C@@H]2N(C)CCCOC(C(F)(F)F)(C(F)(F)F)C(F)(F)F.[2H]COCCCOc1ccc2c(c1)CCC1C2CC[C@@]2(C)C1CC[C@@H]2OCCN(C)CCOC(C)(C(F)(F)F)C(F)(F)F.[2H]COCCCOc1ccc2c(c1)CCC1C2CC[C@@]2(C)C1CC[C@@H]2OCCN(C)CCOC(C)(C)C(F)(F)F. The first-order valence-corrected chi connectivity index (χ1v) is 44.2. The van der Waals surface area contributed by atoms with Crippen molar-refractivity contribution in [2.24, 2.45) is 51.8 Å². The van der Waals surface area contributed by atoms with E-state index >= 15 is 0 Å². The Labute approximate surface area is 724 Å². The van der Waals surface area contributed by atoms with E-state index in [4.69, 9.17) is 46.7 Å². The molecule has 12 rings (SSSR count). The molecule has 32 heteroatoms. The number of rotatable bonds is 37. The number of benzene rings is 3. The third-order valence-electron chi connectivity index (χ3n) is 29.8. The summed E-state index contributed by atoms with van der Waals surface area (Å²) < 4.78 is 316. The lowest BCUT2D eigenvalue weighted by Crippen LogP contribution is -2.67. The monoisotopic (exact) mass is 1800 g/mol. The molecule has 0 amide bonds. The summed E-state index contributed by atoms with van der Waals surface area (Å²) in [5.74, 6) is 7.41. The molecule has 6 saturated carbocycles. The maximum absolute atomic E-state index is 13.2. The molecule has 14 nitrogen and oxygen atoms in total. The maximum Gasteiger partial charge on any atom is 0.435 e. The molecule has 15 atom stereocenters. The number of hydrogen-bond donors (Lipinski definition) is 0. The zero-order chi connectivity index (χ0) is 93.0. The van der Waals surface area contributed by atoms with Crippen LogP contribution in [0, 0.1) is 51.8 Å². The minimum atomic E-state index is -6.72. The van der Waals surface area contributed by atoms with Crippen molar-refractivity contribution >= 4 is 0 Å². The maximum atomic E-state index is 13.2. The lowest BCUT2D eigenvalue weighted by molar-refractivity contribution is -0.457. The van der Waals surface area contributed by atoms with E-state index in [1.165, 1.54) is 52.6 Å². The number of fused-ring (bicyclic) bond motifs is 15. The zero-order valence-corrected chi connectivity index (χ0v) is 73.3. The van der Waals surface area contributed by atoms with E-state index in [1.54, 1.807) is 19.0 Å². The van der Waals surface area contributed by atoms with Gasteiger partial charge in [-0.3, -0.25) is 0 Å².